The number of rotatable bonds is 2. The predicted molar refractivity (Wildman–Crippen MR) is 47.7 cm³/mol. The molecule has 0 spiro atoms. The smallest absolute Gasteiger partial charge is 0.226 e. The lowest BCUT2D eigenvalue weighted by atomic mass is 9.94. The van der Waals surface area contributed by atoms with Crippen molar-refractivity contribution in [3.05, 3.63) is 0 Å². The van der Waals surface area contributed by atoms with Gasteiger partial charge in [-0.15, -0.1) is 0 Å². The van der Waals surface area contributed by atoms with Gasteiger partial charge in [-0.2, -0.15) is 0 Å². The number of carbonyl (C=O) groups is 2. The third-order valence-electron chi connectivity index (χ3n) is 1.41. The third-order valence-corrected chi connectivity index (χ3v) is 1.41. The van der Waals surface area contributed by atoms with Gasteiger partial charge in [0.1, 0.15) is 6.29 Å². The standard InChI is InChI=1S/C9H17NO2/c1-8(2,3)7(12)10-9(4,5)6-11/h6H,1-5H3,(H,10,12). The Labute approximate surface area is 73.5 Å². The molecule has 70 valence electrons. The molecule has 0 aromatic carbocycles. The van der Waals surface area contributed by atoms with Crippen molar-refractivity contribution in [2.24, 2.45) is 5.41 Å². The van der Waals surface area contributed by atoms with Crippen molar-refractivity contribution in [2.45, 2.75) is 40.2 Å². The second-order valence-electron chi connectivity index (χ2n) is 4.54. The van der Waals surface area contributed by atoms with E-state index in [0.717, 1.165) is 6.29 Å². The summed E-state index contributed by atoms with van der Waals surface area (Å²) >= 11 is 0. The Morgan fingerprint density at radius 3 is 1.83 bits per heavy atom. The highest BCUT2D eigenvalue weighted by molar-refractivity contribution is 5.85. The van der Waals surface area contributed by atoms with Gasteiger partial charge in [0.25, 0.3) is 0 Å². The molecule has 0 aliphatic rings. The second kappa shape index (κ2) is 3.25. The summed E-state index contributed by atoms with van der Waals surface area (Å²) in [6.07, 6.45) is 0.733. The van der Waals surface area contributed by atoms with Gasteiger partial charge in [0.15, 0.2) is 0 Å². The zero-order chi connectivity index (χ0) is 9.99. The molecule has 0 radical (unpaired) electrons. The number of aldehydes is 1. The SMILES string of the molecule is CC(C)(C=O)NC(=O)C(C)(C)C. The fraction of sp³-hybridized carbons (Fsp3) is 0.778. The molecule has 1 amide bonds. The summed E-state index contributed by atoms with van der Waals surface area (Å²) in [4.78, 5) is 21.8. The maximum atomic E-state index is 11.4. The minimum Gasteiger partial charge on any atom is -0.344 e. The van der Waals surface area contributed by atoms with Gasteiger partial charge >= 0.3 is 0 Å². The van der Waals surface area contributed by atoms with Crippen LogP contribution in [0, 0.1) is 5.41 Å². The highest BCUT2D eigenvalue weighted by Crippen LogP contribution is 2.14. The summed E-state index contributed by atoms with van der Waals surface area (Å²) in [7, 11) is 0. The molecule has 0 bridgehead atoms. The van der Waals surface area contributed by atoms with E-state index in [0.29, 0.717) is 0 Å². The van der Waals surface area contributed by atoms with Crippen LogP contribution in [0.3, 0.4) is 0 Å². The van der Waals surface area contributed by atoms with Gasteiger partial charge in [0.2, 0.25) is 5.91 Å². The summed E-state index contributed by atoms with van der Waals surface area (Å²) in [5.41, 5.74) is -1.20. The molecule has 0 heterocycles. The van der Waals surface area contributed by atoms with E-state index in [4.69, 9.17) is 0 Å². The largest absolute Gasteiger partial charge is 0.344 e. The van der Waals surface area contributed by atoms with E-state index >= 15 is 0 Å². The number of nitrogens with one attached hydrogen (secondary N) is 1. The van der Waals surface area contributed by atoms with E-state index in [2.05, 4.69) is 5.32 Å². The van der Waals surface area contributed by atoms with Gasteiger partial charge in [-0.1, -0.05) is 20.8 Å². The van der Waals surface area contributed by atoms with Gasteiger partial charge in [-0.05, 0) is 13.8 Å². The fourth-order valence-electron chi connectivity index (χ4n) is 0.510. The summed E-state index contributed by atoms with van der Waals surface area (Å²) in [5, 5.41) is 2.64. The molecule has 3 nitrogen and oxygen atoms in total. The molecule has 0 aliphatic carbocycles. The van der Waals surface area contributed by atoms with Gasteiger partial charge < -0.3 is 10.1 Å². The first kappa shape index (κ1) is 11.1. The van der Waals surface area contributed by atoms with E-state index in [1.807, 2.05) is 20.8 Å². The van der Waals surface area contributed by atoms with Crippen LogP contribution in [-0.2, 0) is 9.59 Å². The van der Waals surface area contributed by atoms with Crippen LogP contribution in [0.1, 0.15) is 34.6 Å². The highest BCUT2D eigenvalue weighted by Gasteiger charge is 2.27. The molecule has 0 atom stereocenters. The lowest BCUT2D eigenvalue weighted by Crippen LogP contribution is -2.49. The van der Waals surface area contributed by atoms with Crippen LogP contribution < -0.4 is 5.32 Å². The van der Waals surface area contributed by atoms with Gasteiger partial charge in [-0.25, -0.2) is 0 Å². The van der Waals surface area contributed by atoms with E-state index in [1.165, 1.54) is 0 Å². The Kier molecular flexibility index (Phi) is 3.02. The summed E-state index contributed by atoms with van der Waals surface area (Å²) in [6.45, 7) is 8.77. The van der Waals surface area contributed by atoms with Crippen molar-refractivity contribution in [1.29, 1.82) is 0 Å². The van der Waals surface area contributed by atoms with E-state index in [-0.39, 0.29) is 5.91 Å². The predicted octanol–water partition coefficient (Wildman–Crippen LogP) is 1.13. The molecule has 0 aromatic heterocycles. The molecular formula is C9H17NO2. The Hall–Kier alpha value is -0.860. The topological polar surface area (TPSA) is 46.2 Å². The molecule has 0 aromatic rings. The van der Waals surface area contributed by atoms with Gasteiger partial charge in [0, 0.05) is 5.41 Å². The molecule has 0 fully saturated rings. The Balaban J connectivity index is 4.29. The van der Waals surface area contributed by atoms with E-state index < -0.39 is 11.0 Å². The van der Waals surface area contributed by atoms with Crippen LogP contribution in [0.2, 0.25) is 0 Å². The van der Waals surface area contributed by atoms with Crippen LogP contribution >= 0.6 is 0 Å². The first-order chi connectivity index (χ1) is 5.19. The van der Waals surface area contributed by atoms with Crippen LogP contribution in [-0.4, -0.2) is 17.7 Å². The summed E-state index contributed by atoms with van der Waals surface area (Å²) in [5.74, 6) is -0.111. The van der Waals surface area contributed by atoms with Crippen LogP contribution in [0.15, 0.2) is 0 Å². The molecule has 1 N–H and O–H groups in total. The van der Waals surface area contributed by atoms with E-state index in [9.17, 15) is 9.59 Å². The molecule has 3 heteroatoms. The average Bonchev–Trinajstić information content (AvgIpc) is 1.85. The fourth-order valence-corrected chi connectivity index (χ4v) is 0.510. The minimum atomic E-state index is -0.760. The molecule has 0 unspecified atom stereocenters. The van der Waals surface area contributed by atoms with Crippen molar-refractivity contribution >= 4 is 12.2 Å². The number of amides is 1. The molecule has 12 heavy (non-hydrogen) atoms. The monoisotopic (exact) mass is 171 g/mol. The van der Waals surface area contributed by atoms with Crippen molar-refractivity contribution in [2.75, 3.05) is 0 Å². The molecule has 0 aliphatic heterocycles. The van der Waals surface area contributed by atoms with Crippen LogP contribution in [0.4, 0.5) is 0 Å². The maximum absolute atomic E-state index is 11.4. The highest BCUT2D eigenvalue weighted by atomic mass is 16.2. The lowest BCUT2D eigenvalue weighted by Gasteiger charge is -2.25. The normalized spacial score (nSPS) is 12.4. The zero-order valence-electron chi connectivity index (χ0n) is 8.39. The van der Waals surface area contributed by atoms with Crippen molar-refractivity contribution in [1.82, 2.24) is 5.32 Å². The number of hydrogen-bond donors (Lipinski definition) is 1. The third kappa shape index (κ3) is 3.51. The quantitative estimate of drug-likeness (QED) is 0.633. The Bertz CT molecular complexity index is 189. The molecule has 0 rings (SSSR count). The average molecular weight is 171 g/mol. The second-order valence-corrected chi connectivity index (χ2v) is 4.54. The molecule has 0 saturated carbocycles. The van der Waals surface area contributed by atoms with Crippen LogP contribution in [0.5, 0.6) is 0 Å². The molecular weight excluding hydrogens is 154 g/mol. The number of hydrogen-bond acceptors (Lipinski definition) is 2. The van der Waals surface area contributed by atoms with Gasteiger partial charge in [-0.3, -0.25) is 4.79 Å². The molecule has 0 saturated heterocycles. The first-order valence-corrected chi connectivity index (χ1v) is 3.98. The Morgan fingerprint density at radius 2 is 1.58 bits per heavy atom. The Morgan fingerprint density at radius 1 is 1.17 bits per heavy atom. The van der Waals surface area contributed by atoms with Crippen LogP contribution in [0.25, 0.3) is 0 Å². The summed E-state index contributed by atoms with van der Waals surface area (Å²) in [6, 6.07) is 0. The van der Waals surface area contributed by atoms with Crippen molar-refractivity contribution in [3.8, 4) is 0 Å². The lowest BCUT2D eigenvalue weighted by molar-refractivity contribution is -0.132. The van der Waals surface area contributed by atoms with E-state index in [1.54, 1.807) is 13.8 Å². The van der Waals surface area contributed by atoms with Crippen molar-refractivity contribution < 1.29 is 9.59 Å². The first-order valence-electron chi connectivity index (χ1n) is 3.98. The van der Waals surface area contributed by atoms with Gasteiger partial charge in [0.05, 0.1) is 5.54 Å². The number of carbonyl (C=O) groups excluding carboxylic acids is 2. The summed E-state index contributed by atoms with van der Waals surface area (Å²) < 4.78 is 0. The van der Waals surface area contributed by atoms with Crippen molar-refractivity contribution in [3.63, 3.8) is 0 Å². The maximum Gasteiger partial charge on any atom is 0.226 e. The zero-order valence-corrected chi connectivity index (χ0v) is 8.39. The minimum absolute atomic E-state index is 0.111.